The van der Waals surface area contributed by atoms with Gasteiger partial charge in [-0.1, -0.05) is 36.5 Å². The van der Waals surface area contributed by atoms with E-state index in [9.17, 15) is 4.79 Å². The molecule has 0 bridgehead atoms. The molecule has 1 amide bonds. The quantitative estimate of drug-likeness (QED) is 0.746. The van der Waals surface area contributed by atoms with Crippen molar-refractivity contribution in [1.29, 1.82) is 0 Å². The van der Waals surface area contributed by atoms with Crippen molar-refractivity contribution in [1.82, 2.24) is 4.90 Å². The van der Waals surface area contributed by atoms with Gasteiger partial charge in [0.15, 0.2) is 0 Å². The van der Waals surface area contributed by atoms with Gasteiger partial charge in [0.2, 0.25) is 0 Å². The van der Waals surface area contributed by atoms with Gasteiger partial charge in [0.1, 0.15) is 0 Å². The van der Waals surface area contributed by atoms with Crippen molar-refractivity contribution >= 4 is 29.1 Å². The van der Waals surface area contributed by atoms with Crippen LogP contribution < -0.4 is 0 Å². The third-order valence-corrected chi connectivity index (χ3v) is 3.52. The Hall–Kier alpha value is -0.730. The first-order chi connectivity index (χ1) is 8.86. The van der Waals surface area contributed by atoms with Crippen LogP contribution in [0.2, 0.25) is 10.0 Å². The summed E-state index contributed by atoms with van der Waals surface area (Å²) >= 11 is 11.9. The van der Waals surface area contributed by atoms with Crippen LogP contribution in [0.5, 0.6) is 0 Å². The van der Waals surface area contributed by atoms with E-state index in [0.717, 1.165) is 12.8 Å². The molecule has 106 valence electrons. The summed E-state index contributed by atoms with van der Waals surface area (Å²) in [6, 6.07) is 5.32. The molecular weight excluding hydrogens is 281 g/mol. The van der Waals surface area contributed by atoms with Gasteiger partial charge in [-0.25, -0.2) is 0 Å². The Balaban J connectivity index is 3.05. The van der Waals surface area contributed by atoms with Crippen molar-refractivity contribution in [3.63, 3.8) is 0 Å². The monoisotopic (exact) mass is 301 g/mol. The van der Waals surface area contributed by atoms with Crippen LogP contribution in [0.15, 0.2) is 18.2 Å². The van der Waals surface area contributed by atoms with Gasteiger partial charge in [0.05, 0.1) is 0 Å². The third kappa shape index (κ3) is 4.39. The molecule has 0 saturated carbocycles. The van der Waals surface area contributed by atoms with Crippen LogP contribution in [0.1, 0.15) is 50.9 Å². The van der Waals surface area contributed by atoms with Crippen LogP contribution in [0.3, 0.4) is 0 Å². The number of halogens is 2. The molecule has 4 heteroatoms. The molecular formula is C15H21Cl2NO. The van der Waals surface area contributed by atoms with E-state index in [1.165, 1.54) is 0 Å². The maximum atomic E-state index is 12.6. The number of amides is 1. The van der Waals surface area contributed by atoms with Gasteiger partial charge < -0.3 is 4.90 Å². The number of benzene rings is 1. The second-order valence-corrected chi connectivity index (χ2v) is 5.97. The maximum Gasteiger partial charge on any atom is 0.254 e. The highest BCUT2D eigenvalue weighted by atomic mass is 35.5. The van der Waals surface area contributed by atoms with Crippen molar-refractivity contribution in [2.45, 2.75) is 52.6 Å². The summed E-state index contributed by atoms with van der Waals surface area (Å²) in [7, 11) is 0. The average Bonchev–Trinajstić information content (AvgIpc) is 2.27. The largest absolute Gasteiger partial charge is 0.334 e. The maximum absolute atomic E-state index is 12.6. The second-order valence-electron chi connectivity index (χ2n) is 5.10. The minimum absolute atomic E-state index is 0.0136. The van der Waals surface area contributed by atoms with Crippen molar-refractivity contribution < 1.29 is 4.79 Å². The summed E-state index contributed by atoms with van der Waals surface area (Å²) in [4.78, 5) is 14.5. The molecule has 1 aromatic carbocycles. The highest BCUT2D eigenvalue weighted by molar-refractivity contribution is 6.35. The van der Waals surface area contributed by atoms with Crippen LogP contribution in [0.25, 0.3) is 0 Å². The summed E-state index contributed by atoms with van der Waals surface area (Å²) in [5.74, 6) is -0.0136. The molecule has 1 unspecified atom stereocenters. The highest BCUT2D eigenvalue weighted by Crippen LogP contribution is 2.22. The topological polar surface area (TPSA) is 20.3 Å². The van der Waals surface area contributed by atoms with Crippen LogP contribution in [0, 0.1) is 0 Å². The lowest BCUT2D eigenvalue weighted by molar-refractivity contribution is 0.0616. The van der Waals surface area contributed by atoms with Crippen LogP contribution >= 0.6 is 23.2 Å². The molecule has 0 spiro atoms. The summed E-state index contributed by atoms with van der Waals surface area (Å²) in [5, 5.41) is 0.977. The van der Waals surface area contributed by atoms with Gasteiger partial charge in [-0.3, -0.25) is 4.79 Å². The van der Waals surface area contributed by atoms with Crippen molar-refractivity contribution in [3.8, 4) is 0 Å². The fourth-order valence-corrected chi connectivity index (χ4v) is 2.85. The third-order valence-electron chi connectivity index (χ3n) is 3.08. The Labute approximate surface area is 125 Å². The summed E-state index contributed by atoms with van der Waals surface area (Å²) in [6.07, 6.45) is 2.03. The SMILES string of the molecule is CCCC(C)N(C(=O)c1cc(Cl)cc(Cl)c1)C(C)C. The lowest BCUT2D eigenvalue weighted by Crippen LogP contribution is -2.43. The first-order valence-electron chi connectivity index (χ1n) is 6.65. The van der Waals surface area contributed by atoms with E-state index in [4.69, 9.17) is 23.2 Å². The summed E-state index contributed by atoms with van der Waals surface area (Å²) < 4.78 is 0. The molecule has 1 aromatic rings. The van der Waals surface area contributed by atoms with Gasteiger partial charge in [-0.15, -0.1) is 0 Å². The van der Waals surface area contributed by atoms with E-state index < -0.39 is 0 Å². The first kappa shape index (κ1) is 16.3. The van der Waals surface area contributed by atoms with Gasteiger partial charge in [0.25, 0.3) is 5.91 Å². The van der Waals surface area contributed by atoms with Crippen molar-refractivity contribution in [2.75, 3.05) is 0 Å². The lowest BCUT2D eigenvalue weighted by atomic mass is 10.1. The Morgan fingerprint density at radius 2 is 1.68 bits per heavy atom. The predicted octanol–water partition coefficient (Wildman–Crippen LogP) is 5.03. The molecule has 0 aliphatic heterocycles. The Morgan fingerprint density at radius 3 is 2.11 bits per heavy atom. The van der Waals surface area contributed by atoms with Crippen LogP contribution in [-0.4, -0.2) is 22.9 Å². The van der Waals surface area contributed by atoms with E-state index >= 15 is 0 Å². The summed E-state index contributed by atoms with van der Waals surface area (Å²) in [5.41, 5.74) is 0.550. The average molecular weight is 302 g/mol. The highest BCUT2D eigenvalue weighted by Gasteiger charge is 2.24. The van der Waals surface area contributed by atoms with Gasteiger partial charge in [-0.05, 0) is 45.4 Å². The molecule has 0 aromatic heterocycles. The van der Waals surface area contributed by atoms with Crippen molar-refractivity contribution in [2.24, 2.45) is 0 Å². The minimum atomic E-state index is -0.0136. The molecule has 0 saturated heterocycles. The van der Waals surface area contributed by atoms with Gasteiger partial charge in [0, 0.05) is 27.7 Å². The molecule has 1 atom stereocenters. The molecule has 0 aliphatic rings. The van der Waals surface area contributed by atoms with E-state index in [1.54, 1.807) is 18.2 Å². The fourth-order valence-electron chi connectivity index (χ4n) is 2.33. The number of rotatable bonds is 5. The molecule has 19 heavy (non-hydrogen) atoms. The lowest BCUT2D eigenvalue weighted by Gasteiger charge is -2.33. The zero-order valence-corrected chi connectivity index (χ0v) is 13.4. The van der Waals surface area contributed by atoms with E-state index in [2.05, 4.69) is 13.8 Å². The second kappa shape index (κ2) is 7.16. The molecule has 0 N–H and O–H groups in total. The fraction of sp³-hybridized carbons (Fsp3) is 0.533. The predicted molar refractivity (Wildman–Crippen MR) is 82.1 cm³/mol. The van der Waals surface area contributed by atoms with Crippen molar-refractivity contribution in [3.05, 3.63) is 33.8 Å². The molecule has 0 heterocycles. The zero-order chi connectivity index (χ0) is 14.6. The standard InChI is InChI=1S/C15H21Cl2NO/c1-5-6-11(4)18(10(2)3)15(19)12-7-13(16)9-14(17)8-12/h7-11H,5-6H2,1-4H3. The zero-order valence-electron chi connectivity index (χ0n) is 11.9. The van der Waals surface area contributed by atoms with E-state index in [1.807, 2.05) is 18.7 Å². The Kier molecular flexibility index (Phi) is 6.15. The van der Waals surface area contributed by atoms with Crippen LogP contribution in [-0.2, 0) is 0 Å². The number of carbonyl (C=O) groups excluding carboxylic acids is 1. The smallest absolute Gasteiger partial charge is 0.254 e. The molecule has 0 radical (unpaired) electrons. The number of carbonyl (C=O) groups is 1. The molecule has 2 nitrogen and oxygen atoms in total. The van der Waals surface area contributed by atoms with E-state index in [-0.39, 0.29) is 18.0 Å². The van der Waals surface area contributed by atoms with Crippen LogP contribution in [0.4, 0.5) is 0 Å². The molecule has 0 aliphatic carbocycles. The minimum Gasteiger partial charge on any atom is -0.334 e. The number of nitrogens with zero attached hydrogens (tertiary/aromatic N) is 1. The Bertz CT molecular complexity index is 426. The number of hydrogen-bond acceptors (Lipinski definition) is 1. The van der Waals surface area contributed by atoms with E-state index in [0.29, 0.717) is 15.6 Å². The number of hydrogen-bond donors (Lipinski definition) is 0. The summed E-state index contributed by atoms with van der Waals surface area (Å²) in [6.45, 7) is 8.25. The normalized spacial score (nSPS) is 12.6. The Morgan fingerprint density at radius 1 is 1.16 bits per heavy atom. The first-order valence-corrected chi connectivity index (χ1v) is 7.41. The van der Waals surface area contributed by atoms with Gasteiger partial charge in [-0.2, -0.15) is 0 Å². The molecule has 1 rings (SSSR count). The molecule has 0 fully saturated rings. The van der Waals surface area contributed by atoms with Gasteiger partial charge >= 0.3 is 0 Å².